The average molecular weight is 960 g/mol. The molecule has 1 saturated carbocycles. The fourth-order valence-electron chi connectivity index (χ4n) is 11.7. The van der Waals surface area contributed by atoms with Crippen LogP contribution in [0.5, 0.6) is 5.75 Å². The molecule has 6 aliphatic rings. The van der Waals surface area contributed by atoms with E-state index in [9.17, 15) is 24.0 Å². The molecule has 2 spiro atoms. The Morgan fingerprint density at radius 1 is 1.00 bits per heavy atom. The van der Waals surface area contributed by atoms with Crippen LogP contribution < -0.4 is 26.0 Å². The maximum Gasteiger partial charge on any atom is 0.255 e. The summed E-state index contributed by atoms with van der Waals surface area (Å²) in [5, 5.41) is 13.2. The molecule has 1 aliphatic carbocycles. The smallest absolute Gasteiger partial charge is 0.255 e. The Balaban J connectivity index is 0.830. The van der Waals surface area contributed by atoms with Gasteiger partial charge >= 0.3 is 0 Å². The lowest BCUT2D eigenvalue weighted by Crippen LogP contribution is -2.52. The standard InChI is InChI=1S/C53H53Cl2FN6O6/c1-51(2,3)26-42-53(28-57-39-24-32(54)14-15-36(39)53)44(34-9-6-10-37(55)45(34)56)46(59-42)48(65)58-38-16-12-30(23-41(38)68-4)49(66)61-21-19-52(20-22-61)25-31(52)13-11-29-7-5-8-33-35(29)27-62(50(33)67)40-17-18-43(63)60-47(40)64/h5-10,12,14-16,23-24,31,40,42,44,46,57,59H,17-22,25-28H2,1-4H3,(H,58,65)(H,60,63,64)/t31-,40-,42+,44+,46-,53+/m1/s1. The van der Waals surface area contributed by atoms with Crippen LogP contribution in [0.15, 0.2) is 72.8 Å². The van der Waals surface area contributed by atoms with Crippen LogP contribution >= 0.6 is 23.2 Å². The Morgan fingerprint density at radius 3 is 2.53 bits per heavy atom. The number of imide groups is 1. The molecule has 15 heteroatoms. The van der Waals surface area contributed by atoms with E-state index >= 15 is 4.39 Å². The van der Waals surface area contributed by atoms with E-state index in [0.29, 0.717) is 65.6 Å². The van der Waals surface area contributed by atoms with Gasteiger partial charge in [0.1, 0.15) is 17.6 Å². The van der Waals surface area contributed by atoms with Crippen molar-refractivity contribution in [3.8, 4) is 17.6 Å². The number of nitrogens with zero attached hydrogens (tertiary/aromatic N) is 2. The Morgan fingerprint density at radius 2 is 1.78 bits per heavy atom. The lowest BCUT2D eigenvalue weighted by atomic mass is 9.63. The maximum absolute atomic E-state index is 16.3. The number of benzene rings is 4. The predicted octanol–water partition coefficient (Wildman–Crippen LogP) is 8.06. The quantitative estimate of drug-likeness (QED) is 0.108. The van der Waals surface area contributed by atoms with Gasteiger partial charge in [0.05, 0.1) is 23.9 Å². The van der Waals surface area contributed by atoms with Crippen molar-refractivity contribution in [1.29, 1.82) is 0 Å². The summed E-state index contributed by atoms with van der Waals surface area (Å²) in [6, 6.07) is 19.3. The first kappa shape index (κ1) is 45.8. The largest absolute Gasteiger partial charge is 0.495 e. The van der Waals surface area contributed by atoms with E-state index in [0.717, 1.165) is 41.6 Å². The van der Waals surface area contributed by atoms with E-state index in [1.165, 1.54) is 13.2 Å². The van der Waals surface area contributed by atoms with Crippen LogP contribution in [0, 0.1) is 34.4 Å². The third-order valence-electron chi connectivity index (χ3n) is 15.3. The van der Waals surface area contributed by atoms with Gasteiger partial charge < -0.3 is 30.5 Å². The van der Waals surface area contributed by atoms with Gasteiger partial charge in [-0.05, 0) is 108 Å². The fraction of sp³-hybridized carbons (Fsp3) is 0.415. The number of piperidine rings is 2. The lowest BCUT2D eigenvalue weighted by molar-refractivity contribution is -0.137. The van der Waals surface area contributed by atoms with Crippen molar-refractivity contribution in [2.75, 3.05) is 37.4 Å². The molecule has 5 heterocycles. The van der Waals surface area contributed by atoms with Gasteiger partial charge in [-0.3, -0.25) is 29.3 Å². The molecule has 0 aromatic heterocycles. The van der Waals surface area contributed by atoms with Crippen LogP contribution in [0.25, 0.3) is 0 Å². The molecule has 5 aliphatic heterocycles. The number of ether oxygens (including phenoxy) is 1. The monoisotopic (exact) mass is 958 g/mol. The molecule has 0 bridgehead atoms. The third kappa shape index (κ3) is 7.98. The van der Waals surface area contributed by atoms with Crippen molar-refractivity contribution < 1.29 is 33.1 Å². The first-order valence-corrected chi connectivity index (χ1v) is 24.1. The van der Waals surface area contributed by atoms with Crippen molar-refractivity contribution in [3.05, 3.63) is 122 Å². The molecule has 68 heavy (non-hydrogen) atoms. The second-order valence-electron chi connectivity index (χ2n) is 20.5. The van der Waals surface area contributed by atoms with E-state index in [1.54, 1.807) is 41.3 Å². The van der Waals surface area contributed by atoms with E-state index in [-0.39, 0.29) is 64.4 Å². The highest BCUT2D eigenvalue weighted by Gasteiger charge is 2.62. The van der Waals surface area contributed by atoms with Gasteiger partial charge in [-0.1, -0.05) is 80.1 Å². The minimum atomic E-state index is -0.894. The molecule has 10 rings (SSSR count). The lowest BCUT2D eigenvalue weighted by Gasteiger charge is -2.39. The third-order valence-corrected chi connectivity index (χ3v) is 15.8. The number of methoxy groups -OCH3 is 1. The molecule has 12 nitrogen and oxygen atoms in total. The Bertz CT molecular complexity index is 2860. The van der Waals surface area contributed by atoms with Gasteiger partial charge in [0, 0.05) is 83.3 Å². The summed E-state index contributed by atoms with van der Waals surface area (Å²) in [5.74, 6) is 4.53. The number of hydrogen-bond donors (Lipinski definition) is 4. The molecule has 6 atom stereocenters. The average Bonchev–Trinajstić information content (AvgIpc) is 3.51. The van der Waals surface area contributed by atoms with Gasteiger partial charge in [0.2, 0.25) is 17.7 Å². The summed E-state index contributed by atoms with van der Waals surface area (Å²) >= 11 is 12.9. The number of fused-ring (bicyclic) bond motifs is 3. The summed E-state index contributed by atoms with van der Waals surface area (Å²) in [4.78, 5) is 69.8. The number of carbonyl (C=O) groups excluding carboxylic acids is 5. The van der Waals surface area contributed by atoms with E-state index in [4.69, 9.17) is 27.9 Å². The van der Waals surface area contributed by atoms with Crippen LogP contribution in [0.2, 0.25) is 10.0 Å². The first-order chi connectivity index (χ1) is 32.5. The van der Waals surface area contributed by atoms with Crippen LogP contribution in [0.1, 0.15) is 108 Å². The highest BCUT2D eigenvalue weighted by molar-refractivity contribution is 6.31. The van der Waals surface area contributed by atoms with Gasteiger partial charge in [-0.25, -0.2) is 4.39 Å². The van der Waals surface area contributed by atoms with Gasteiger partial charge in [-0.15, -0.1) is 0 Å². The Kier molecular flexibility index (Phi) is 11.6. The molecular formula is C53H53Cl2FN6O6. The number of likely N-dealkylation sites (tertiary alicyclic amines) is 1. The number of halogens is 3. The van der Waals surface area contributed by atoms with Gasteiger partial charge in [0.15, 0.2) is 0 Å². The molecule has 4 N–H and O–H groups in total. The van der Waals surface area contributed by atoms with Crippen LogP contribution in [0.3, 0.4) is 0 Å². The number of amides is 5. The molecule has 4 aromatic carbocycles. The number of nitrogens with one attached hydrogen (secondary N) is 4. The summed E-state index contributed by atoms with van der Waals surface area (Å²) in [6.45, 7) is 8.27. The van der Waals surface area contributed by atoms with Crippen molar-refractivity contribution in [2.24, 2.45) is 16.7 Å². The first-order valence-electron chi connectivity index (χ1n) is 23.3. The minimum Gasteiger partial charge on any atom is -0.495 e. The summed E-state index contributed by atoms with van der Waals surface area (Å²) in [5.41, 5.74) is 4.13. The molecule has 0 radical (unpaired) electrons. The summed E-state index contributed by atoms with van der Waals surface area (Å²) in [6.07, 6.45) is 3.69. The topological polar surface area (TPSA) is 149 Å². The second kappa shape index (κ2) is 17.2. The summed E-state index contributed by atoms with van der Waals surface area (Å²) < 4.78 is 22.1. The molecule has 4 aromatic rings. The highest BCUT2D eigenvalue weighted by Crippen LogP contribution is 2.60. The van der Waals surface area contributed by atoms with E-state index in [1.807, 2.05) is 35.2 Å². The molecule has 0 unspecified atom stereocenters. The zero-order valence-electron chi connectivity index (χ0n) is 38.4. The normalized spacial score (nSPS) is 25.6. The van der Waals surface area contributed by atoms with Crippen molar-refractivity contribution in [1.82, 2.24) is 20.4 Å². The molecule has 5 amide bonds. The molecule has 4 fully saturated rings. The van der Waals surface area contributed by atoms with Crippen molar-refractivity contribution in [3.63, 3.8) is 0 Å². The zero-order valence-corrected chi connectivity index (χ0v) is 39.9. The predicted molar refractivity (Wildman–Crippen MR) is 257 cm³/mol. The fourth-order valence-corrected chi connectivity index (χ4v) is 12.1. The van der Waals surface area contributed by atoms with Crippen molar-refractivity contribution in [2.45, 2.75) is 95.3 Å². The van der Waals surface area contributed by atoms with Crippen LogP contribution in [-0.4, -0.2) is 84.2 Å². The van der Waals surface area contributed by atoms with Crippen LogP contribution in [0.4, 0.5) is 15.8 Å². The molecule has 352 valence electrons. The SMILES string of the molecule is COc1cc(C(=O)N2CCC3(CC2)C[C@H]3C#Cc2cccc3c2CN([C@@H]2CCC(=O)NC2=O)C3=O)ccc1NC(=O)[C@@H]1N[C@@H](CC(C)(C)C)[C@@]2(CNc3cc(Cl)ccc32)[C@H]1c1cccc(Cl)c1F. The Labute approximate surface area is 405 Å². The number of anilines is 2. The maximum atomic E-state index is 16.3. The van der Waals surface area contributed by atoms with E-state index in [2.05, 4.69) is 53.9 Å². The van der Waals surface area contributed by atoms with Gasteiger partial charge in [-0.2, -0.15) is 0 Å². The minimum absolute atomic E-state index is 0.0103. The molecule has 3 saturated heterocycles. The van der Waals surface area contributed by atoms with Crippen LogP contribution in [-0.2, 0) is 26.3 Å². The molecular weight excluding hydrogens is 907 g/mol. The summed E-state index contributed by atoms with van der Waals surface area (Å²) in [7, 11) is 1.49. The zero-order chi connectivity index (χ0) is 47.9. The number of carbonyl (C=O) groups is 5. The van der Waals surface area contributed by atoms with Crippen molar-refractivity contribution >= 4 is 64.1 Å². The Hall–Kier alpha value is -5.94. The van der Waals surface area contributed by atoms with Gasteiger partial charge in [0.25, 0.3) is 11.8 Å². The number of rotatable bonds is 7. The second-order valence-corrected chi connectivity index (χ2v) is 21.3. The highest BCUT2D eigenvalue weighted by atomic mass is 35.5. The number of hydrogen-bond acceptors (Lipinski definition) is 8. The van der Waals surface area contributed by atoms with E-state index < -0.39 is 35.1 Å².